The van der Waals surface area contributed by atoms with Crippen LogP contribution in [0, 0.1) is 11.3 Å². The van der Waals surface area contributed by atoms with Gasteiger partial charge in [0.05, 0.1) is 0 Å². The Kier molecular flexibility index (Phi) is 4.06. The van der Waals surface area contributed by atoms with Crippen LogP contribution in [0.25, 0.3) is 0 Å². The highest BCUT2D eigenvalue weighted by Crippen LogP contribution is 2.39. The lowest BCUT2D eigenvalue weighted by Crippen LogP contribution is -2.41. The van der Waals surface area contributed by atoms with E-state index in [1.54, 1.807) is 0 Å². The molecule has 2 rings (SSSR count). The average molecular weight is 246 g/mol. The maximum absolute atomic E-state index is 4.08. The summed E-state index contributed by atoms with van der Waals surface area (Å²) in [4.78, 5) is 4.08. The summed E-state index contributed by atoms with van der Waals surface area (Å²) in [6, 6.07) is 5.27. The summed E-state index contributed by atoms with van der Waals surface area (Å²) in [7, 11) is 0. The van der Waals surface area contributed by atoms with E-state index in [1.807, 2.05) is 12.4 Å². The topological polar surface area (TPSA) is 24.9 Å². The van der Waals surface area contributed by atoms with Crippen molar-refractivity contribution in [2.75, 3.05) is 0 Å². The Bertz CT molecular complexity index is 372. The van der Waals surface area contributed by atoms with Crippen molar-refractivity contribution in [3.63, 3.8) is 0 Å². The number of hydrogen-bond acceptors (Lipinski definition) is 2. The third-order valence-electron chi connectivity index (χ3n) is 4.08. The molecule has 0 radical (unpaired) electrons. The minimum atomic E-state index is 0.416. The Balaban J connectivity index is 1.97. The number of aromatic nitrogens is 1. The quantitative estimate of drug-likeness (QED) is 0.873. The Morgan fingerprint density at radius 3 is 2.56 bits per heavy atom. The largest absolute Gasteiger partial charge is 0.307 e. The van der Waals surface area contributed by atoms with Crippen molar-refractivity contribution in [2.24, 2.45) is 11.3 Å². The normalized spacial score (nSPS) is 28.9. The summed E-state index contributed by atoms with van der Waals surface area (Å²) in [5.41, 5.74) is 1.81. The van der Waals surface area contributed by atoms with Crippen molar-refractivity contribution in [1.29, 1.82) is 0 Å². The molecular weight excluding hydrogens is 220 g/mol. The molecule has 2 heteroatoms. The molecule has 0 spiro atoms. The molecule has 1 fully saturated rings. The highest BCUT2D eigenvalue weighted by atomic mass is 15.0. The van der Waals surface area contributed by atoms with E-state index in [0.717, 1.165) is 5.92 Å². The van der Waals surface area contributed by atoms with Gasteiger partial charge in [0.25, 0.3) is 0 Å². The Morgan fingerprint density at radius 1 is 1.28 bits per heavy atom. The third kappa shape index (κ3) is 3.55. The van der Waals surface area contributed by atoms with Crippen LogP contribution in [-0.4, -0.2) is 11.0 Å². The van der Waals surface area contributed by atoms with E-state index in [9.17, 15) is 0 Å². The Morgan fingerprint density at radius 2 is 1.94 bits per heavy atom. The minimum Gasteiger partial charge on any atom is -0.307 e. The molecule has 1 heterocycles. The molecule has 1 aliphatic rings. The predicted molar refractivity (Wildman–Crippen MR) is 76.4 cm³/mol. The van der Waals surface area contributed by atoms with Gasteiger partial charge in [-0.2, -0.15) is 0 Å². The first-order valence-corrected chi connectivity index (χ1v) is 7.12. The van der Waals surface area contributed by atoms with Gasteiger partial charge in [0.2, 0.25) is 0 Å². The molecule has 100 valence electrons. The molecule has 1 N–H and O–H groups in total. The molecule has 0 saturated heterocycles. The van der Waals surface area contributed by atoms with Crippen LogP contribution in [0.1, 0.15) is 58.6 Å². The van der Waals surface area contributed by atoms with Crippen LogP contribution in [0.5, 0.6) is 0 Å². The van der Waals surface area contributed by atoms with E-state index in [2.05, 4.69) is 50.1 Å². The highest BCUT2D eigenvalue weighted by Gasteiger charge is 2.32. The molecule has 0 amide bonds. The van der Waals surface area contributed by atoms with E-state index in [4.69, 9.17) is 0 Å². The van der Waals surface area contributed by atoms with Gasteiger partial charge in [0.15, 0.2) is 0 Å². The van der Waals surface area contributed by atoms with Crippen LogP contribution < -0.4 is 5.32 Å². The molecule has 0 aliphatic heterocycles. The molecular formula is C16H26N2. The van der Waals surface area contributed by atoms with Crippen molar-refractivity contribution >= 4 is 0 Å². The van der Waals surface area contributed by atoms with E-state index in [1.165, 1.54) is 24.8 Å². The average Bonchev–Trinajstić information content (AvgIpc) is 2.27. The van der Waals surface area contributed by atoms with Gasteiger partial charge < -0.3 is 5.32 Å². The maximum Gasteiger partial charge on any atom is 0.0295 e. The fourth-order valence-electron chi connectivity index (χ4n) is 3.57. The molecule has 18 heavy (non-hydrogen) atoms. The number of pyridine rings is 1. The zero-order valence-electron chi connectivity index (χ0n) is 12.1. The molecule has 0 aromatic carbocycles. The van der Waals surface area contributed by atoms with Crippen LogP contribution in [-0.2, 0) is 0 Å². The van der Waals surface area contributed by atoms with Gasteiger partial charge in [-0.1, -0.05) is 20.8 Å². The van der Waals surface area contributed by atoms with Crippen LogP contribution >= 0.6 is 0 Å². The third-order valence-corrected chi connectivity index (χ3v) is 4.08. The first-order chi connectivity index (χ1) is 8.46. The smallest absolute Gasteiger partial charge is 0.0295 e. The summed E-state index contributed by atoms with van der Waals surface area (Å²) < 4.78 is 0. The number of nitrogens with zero attached hydrogens (tertiary/aromatic N) is 1. The van der Waals surface area contributed by atoms with Crippen molar-refractivity contribution in [3.8, 4) is 0 Å². The molecule has 3 unspecified atom stereocenters. The second-order valence-electron chi connectivity index (χ2n) is 6.78. The van der Waals surface area contributed by atoms with E-state index in [-0.39, 0.29) is 0 Å². The second-order valence-corrected chi connectivity index (χ2v) is 6.78. The Hall–Kier alpha value is -0.890. The number of nitrogens with one attached hydrogen (secondary N) is 1. The predicted octanol–water partition coefficient (Wildman–Crippen LogP) is 3.95. The molecule has 2 nitrogen and oxygen atoms in total. The minimum absolute atomic E-state index is 0.416. The second kappa shape index (κ2) is 5.40. The van der Waals surface area contributed by atoms with Gasteiger partial charge >= 0.3 is 0 Å². The van der Waals surface area contributed by atoms with Gasteiger partial charge in [-0.25, -0.2) is 0 Å². The summed E-state index contributed by atoms with van der Waals surface area (Å²) >= 11 is 0. The zero-order chi connectivity index (χ0) is 13.2. The van der Waals surface area contributed by atoms with Crippen molar-refractivity contribution in [3.05, 3.63) is 30.1 Å². The first-order valence-electron chi connectivity index (χ1n) is 7.12. The van der Waals surface area contributed by atoms with Gasteiger partial charge in [0, 0.05) is 24.5 Å². The molecule has 1 aromatic rings. The van der Waals surface area contributed by atoms with Crippen molar-refractivity contribution < 1.29 is 0 Å². The molecule has 0 bridgehead atoms. The monoisotopic (exact) mass is 246 g/mol. The maximum atomic E-state index is 4.08. The van der Waals surface area contributed by atoms with Crippen LogP contribution in [0.2, 0.25) is 0 Å². The molecule has 1 aromatic heterocycles. The van der Waals surface area contributed by atoms with Crippen LogP contribution in [0.15, 0.2) is 24.5 Å². The molecule has 1 aliphatic carbocycles. The lowest BCUT2D eigenvalue weighted by atomic mass is 9.70. The van der Waals surface area contributed by atoms with Gasteiger partial charge in [-0.15, -0.1) is 0 Å². The van der Waals surface area contributed by atoms with E-state index < -0.39 is 0 Å². The highest BCUT2D eigenvalue weighted by molar-refractivity contribution is 5.14. The first kappa shape index (κ1) is 13.5. The van der Waals surface area contributed by atoms with E-state index >= 15 is 0 Å². The summed E-state index contributed by atoms with van der Waals surface area (Å²) in [5, 5.41) is 3.79. The van der Waals surface area contributed by atoms with E-state index in [0.29, 0.717) is 17.5 Å². The van der Waals surface area contributed by atoms with Crippen LogP contribution in [0.3, 0.4) is 0 Å². The van der Waals surface area contributed by atoms with Gasteiger partial charge in [-0.3, -0.25) is 4.98 Å². The lowest BCUT2D eigenvalue weighted by Gasteiger charge is -2.40. The van der Waals surface area contributed by atoms with Crippen molar-refractivity contribution in [2.45, 2.75) is 59.0 Å². The SMILES string of the molecule is CC1CC(NC(C)c2ccncc2)CC(C)(C)C1. The number of rotatable bonds is 3. The summed E-state index contributed by atoms with van der Waals surface area (Å²) in [5.74, 6) is 0.830. The summed E-state index contributed by atoms with van der Waals surface area (Å²) in [6.07, 6.45) is 7.70. The number of hydrogen-bond donors (Lipinski definition) is 1. The fraction of sp³-hybridized carbons (Fsp3) is 0.688. The van der Waals surface area contributed by atoms with Gasteiger partial charge in [-0.05, 0) is 55.2 Å². The molecule has 3 atom stereocenters. The molecule has 1 saturated carbocycles. The van der Waals surface area contributed by atoms with Crippen molar-refractivity contribution in [1.82, 2.24) is 10.3 Å². The zero-order valence-corrected chi connectivity index (χ0v) is 12.1. The standard InChI is InChI=1S/C16H26N2/c1-12-9-15(11-16(3,4)10-12)18-13(2)14-5-7-17-8-6-14/h5-8,12-13,15,18H,9-11H2,1-4H3. The fourth-order valence-corrected chi connectivity index (χ4v) is 3.57. The van der Waals surface area contributed by atoms with Gasteiger partial charge in [0.1, 0.15) is 0 Å². The Labute approximate surface area is 111 Å². The summed E-state index contributed by atoms with van der Waals surface area (Å²) in [6.45, 7) is 9.43. The van der Waals surface area contributed by atoms with Crippen LogP contribution in [0.4, 0.5) is 0 Å². The lowest BCUT2D eigenvalue weighted by molar-refractivity contribution is 0.145.